The van der Waals surface area contributed by atoms with Gasteiger partial charge in [0.2, 0.25) is 0 Å². The van der Waals surface area contributed by atoms with Crippen LogP contribution in [-0.2, 0) is 22.6 Å². The third-order valence-electron chi connectivity index (χ3n) is 4.68. The zero-order valence-electron chi connectivity index (χ0n) is 14.8. The van der Waals surface area contributed by atoms with Crippen molar-refractivity contribution in [2.75, 3.05) is 0 Å². The number of carbonyl (C=O) groups excluding carboxylic acids is 1. The molecule has 0 saturated carbocycles. The van der Waals surface area contributed by atoms with Crippen LogP contribution in [0.25, 0.3) is 0 Å². The SMILES string of the molecule is CC=C(C)C(=O)OCc1c(C)coc1CC1=CCCC(C)=C1C. The first-order valence-electron chi connectivity index (χ1n) is 8.15. The van der Waals surface area contributed by atoms with E-state index in [-0.39, 0.29) is 12.6 Å². The molecule has 1 aromatic heterocycles. The van der Waals surface area contributed by atoms with Gasteiger partial charge in [0.15, 0.2) is 0 Å². The molecule has 0 spiro atoms. The highest BCUT2D eigenvalue weighted by Crippen LogP contribution is 2.29. The van der Waals surface area contributed by atoms with Crippen LogP contribution in [0.2, 0.25) is 0 Å². The zero-order valence-corrected chi connectivity index (χ0v) is 14.8. The fourth-order valence-corrected chi connectivity index (χ4v) is 2.69. The van der Waals surface area contributed by atoms with E-state index in [1.165, 1.54) is 16.7 Å². The molecule has 23 heavy (non-hydrogen) atoms. The van der Waals surface area contributed by atoms with Crippen LogP contribution in [0, 0.1) is 6.92 Å². The molecule has 0 radical (unpaired) electrons. The van der Waals surface area contributed by atoms with Crippen molar-refractivity contribution in [1.82, 2.24) is 0 Å². The Hall–Kier alpha value is -2.03. The summed E-state index contributed by atoms with van der Waals surface area (Å²) in [7, 11) is 0. The number of aryl methyl sites for hydroxylation is 1. The van der Waals surface area contributed by atoms with E-state index < -0.39 is 0 Å². The third-order valence-corrected chi connectivity index (χ3v) is 4.68. The van der Waals surface area contributed by atoms with Gasteiger partial charge in [-0.05, 0) is 64.2 Å². The Morgan fingerprint density at radius 3 is 2.78 bits per heavy atom. The summed E-state index contributed by atoms with van der Waals surface area (Å²) in [5, 5.41) is 0. The van der Waals surface area contributed by atoms with Crippen molar-refractivity contribution in [1.29, 1.82) is 0 Å². The summed E-state index contributed by atoms with van der Waals surface area (Å²) in [6.45, 7) is 10.2. The van der Waals surface area contributed by atoms with Crippen LogP contribution in [0.15, 0.2) is 45.1 Å². The first-order valence-corrected chi connectivity index (χ1v) is 8.15. The smallest absolute Gasteiger partial charge is 0.333 e. The zero-order chi connectivity index (χ0) is 17.0. The number of ether oxygens (including phenoxy) is 1. The molecule has 1 aliphatic rings. The normalized spacial score (nSPS) is 15.7. The van der Waals surface area contributed by atoms with Crippen molar-refractivity contribution < 1.29 is 13.9 Å². The fraction of sp³-hybridized carbons (Fsp3) is 0.450. The molecule has 0 amide bonds. The maximum Gasteiger partial charge on any atom is 0.333 e. The molecule has 0 unspecified atom stereocenters. The van der Waals surface area contributed by atoms with Crippen molar-refractivity contribution in [3.8, 4) is 0 Å². The molecule has 0 saturated heterocycles. The van der Waals surface area contributed by atoms with Crippen molar-refractivity contribution >= 4 is 5.97 Å². The van der Waals surface area contributed by atoms with E-state index in [4.69, 9.17) is 9.15 Å². The van der Waals surface area contributed by atoms with Gasteiger partial charge in [0.05, 0.1) is 6.26 Å². The number of furan rings is 1. The summed E-state index contributed by atoms with van der Waals surface area (Å²) in [5.41, 5.74) is 6.76. The largest absolute Gasteiger partial charge is 0.468 e. The third kappa shape index (κ3) is 4.04. The summed E-state index contributed by atoms with van der Waals surface area (Å²) in [4.78, 5) is 11.8. The Morgan fingerprint density at radius 1 is 1.35 bits per heavy atom. The van der Waals surface area contributed by atoms with Gasteiger partial charge < -0.3 is 9.15 Å². The van der Waals surface area contributed by atoms with Crippen molar-refractivity contribution in [3.63, 3.8) is 0 Å². The molecule has 1 aromatic rings. The van der Waals surface area contributed by atoms with Gasteiger partial charge >= 0.3 is 5.97 Å². The molecule has 3 heteroatoms. The molecule has 124 valence electrons. The van der Waals surface area contributed by atoms with Crippen molar-refractivity contribution in [2.24, 2.45) is 0 Å². The number of allylic oxidation sites excluding steroid dienone is 5. The molecular weight excluding hydrogens is 288 g/mol. The predicted molar refractivity (Wildman–Crippen MR) is 92.1 cm³/mol. The van der Waals surface area contributed by atoms with E-state index in [9.17, 15) is 4.79 Å². The van der Waals surface area contributed by atoms with E-state index in [1.807, 2.05) is 13.8 Å². The highest BCUT2D eigenvalue weighted by Gasteiger charge is 2.17. The Balaban J connectivity index is 2.13. The second-order valence-electron chi connectivity index (χ2n) is 6.22. The number of carbonyl (C=O) groups is 1. The minimum Gasteiger partial charge on any atom is -0.468 e. The average molecular weight is 314 g/mol. The molecule has 0 atom stereocenters. The molecule has 0 bridgehead atoms. The van der Waals surface area contributed by atoms with Gasteiger partial charge in [-0.3, -0.25) is 0 Å². The summed E-state index contributed by atoms with van der Waals surface area (Å²) in [6.07, 6.45) is 8.78. The van der Waals surface area contributed by atoms with Crippen LogP contribution in [0.5, 0.6) is 0 Å². The Morgan fingerprint density at radius 2 is 2.09 bits per heavy atom. The summed E-state index contributed by atoms with van der Waals surface area (Å²) in [6, 6.07) is 0. The molecule has 0 aromatic carbocycles. The van der Waals surface area contributed by atoms with Crippen molar-refractivity contribution in [3.05, 3.63) is 57.6 Å². The quantitative estimate of drug-likeness (QED) is 0.554. The lowest BCUT2D eigenvalue weighted by molar-refractivity contribution is -0.140. The molecule has 1 heterocycles. The van der Waals surface area contributed by atoms with Crippen LogP contribution in [0.4, 0.5) is 0 Å². The monoisotopic (exact) mass is 314 g/mol. The van der Waals surface area contributed by atoms with Crippen LogP contribution >= 0.6 is 0 Å². The highest BCUT2D eigenvalue weighted by atomic mass is 16.5. The van der Waals surface area contributed by atoms with Gasteiger partial charge in [-0.1, -0.05) is 17.7 Å². The number of hydrogen-bond acceptors (Lipinski definition) is 3. The predicted octanol–water partition coefficient (Wildman–Crippen LogP) is 5.20. The molecule has 0 N–H and O–H groups in total. The molecule has 0 aliphatic heterocycles. The molecule has 1 aliphatic carbocycles. The van der Waals surface area contributed by atoms with E-state index in [0.717, 1.165) is 36.1 Å². The Bertz CT molecular complexity index is 684. The maximum atomic E-state index is 11.8. The standard InChI is InChI=1S/C20H26O3/c1-6-13(2)20(21)23-12-18-15(4)11-22-19(18)10-17-9-7-8-14(3)16(17)5/h6,9,11H,7-8,10,12H2,1-5H3. The van der Waals surface area contributed by atoms with Crippen LogP contribution in [0.1, 0.15) is 57.4 Å². The molecule has 0 fully saturated rings. The molecule has 3 nitrogen and oxygen atoms in total. The summed E-state index contributed by atoms with van der Waals surface area (Å²) >= 11 is 0. The minimum atomic E-state index is -0.275. The number of esters is 1. The van der Waals surface area contributed by atoms with Crippen molar-refractivity contribution in [2.45, 2.75) is 60.5 Å². The lowest BCUT2D eigenvalue weighted by Crippen LogP contribution is -2.08. The van der Waals surface area contributed by atoms with Gasteiger partial charge in [-0.25, -0.2) is 4.79 Å². The minimum absolute atomic E-state index is 0.261. The van der Waals surface area contributed by atoms with Gasteiger partial charge in [-0.2, -0.15) is 0 Å². The van der Waals surface area contributed by atoms with Crippen LogP contribution in [0.3, 0.4) is 0 Å². The number of hydrogen-bond donors (Lipinski definition) is 0. The van der Waals surface area contributed by atoms with E-state index in [0.29, 0.717) is 5.57 Å². The maximum absolute atomic E-state index is 11.8. The Kier molecular flexibility index (Phi) is 5.64. The molecule has 2 rings (SSSR count). The highest BCUT2D eigenvalue weighted by molar-refractivity contribution is 5.87. The second-order valence-corrected chi connectivity index (χ2v) is 6.22. The first kappa shape index (κ1) is 17.3. The van der Waals surface area contributed by atoms with Gasteiger partial charge in [0.25, 0.3) is 0 Å². The average Bonchev–Trinajstić information content (AvgIpc) is 2.88. The molecular formula is C20H26O3. The number of rotatable bonds is 5. The summed E-state index contributed by atoms with van der Waals surface area (Å²) < 4.78 is 11.1. The first-order chi connectivity index (χ1) is 10.9. The lowest BCUT2D eigenvalue weighted by Gasteiger charge is -2.17. The van der Waals surface area contributed by atoms with Gasteiger partial charge in [0, 0.05) is 17.6 Å². The Labute approximate surface area is 138 Å². The van der Waals surface area contributed by atoms with E-state index >= 15 is 0 Å². The second kappa shape index (κ2) is 7.49. The summed E-state index contributed by atoms with van der Waals surface area (Å²) in [5.74, 6) is 0.622. The fourth-order valence-electron chi connectivity index (χ4n) is 2.69. The van der Waals surface area contributed by atoms with Gasteiger partial charge in [0.1, 0.15) is 12.4 Å². The van der Waals surface area contributed by atoms with E-state index in [2.05, 4.69) is 19.9 Å². The van der Waals surface area contributed by atoms with Crippen LogP contribution < -0.4 is 0 Å². The lowest BCUT2D eigenvalue weighted by atomic mass is 9.90. The van der Waals surface area contributed by atoms with E-state index in [1.54, 1.807) is 19.3 Å². The van der Waals surface area contributed by atoms with Crippen LogP contribution in [-0.4, -0.2) is 5.97 Å². The topological polar surface area (TPSA) is 39.4 Å². The van der Waals surface area contributed by atoms with Gasteiger partial charge in [-0.15, -0.1) is 0 Å².